The summed E-state index contributed by atoms with van der Waals surface area (Å²) in [6, 6.07) is 10.6. The lowest BCUT2D eigenvalue weighted by Crippen LogP contribution is -2.28. The van der Waals surface area contributed by atoms with Crippen LogP contribution in [0.1, 0.15) is 83.1 Å². The molecule has 5 atom stereocenters. The van der Waals surface area contributed by atoms with Gasteiger partial charge in [0.15, 0.2) is 0 Å². The zero-order valence-corrected chi connectivity index (χ0v) is 16.2. The molecule has 1 heteroatoms. The van der Waals surface area contributed by atoms with E-state index in [-0.39, 0.29) is 6.10 Å². The minimum Gasteiger partial charge on any atom is -0.393 e. The monoisotopic (exact) mass is 342 g/mol. The summed E-state index contributed by atoms with van der Waals surface area (Å²) in [4.78, 5) is 0. The van der Waals surface area contributed by atoms with Crippen LogP contribution in [0, 0.1) is 23.7 Å². The fourth-order valence-corrected chi connectivity index (χ4v) is 5.47. The van der Waals surface area contributed by atoms with Gasteiger partial charge in [-0.05, 0) is 74.2 Å². The molecule has 2 aliphatic carbocycles. The first-order valence-electron chi connectivity index (χ1n) is 10.9. The Morgan fingerprint density at radius 2 is 1.68 bits per heavy atom. The average molecular weight is 343 g/mol. The number of hydrogen-bond donors (Lipinski definition) is 1. The van der Waals surface area contributed by atoms with E-state index in [0.29, 0.717) is 0 Å². The van der Waals surface area contributed by atoms with Crippen molar-refractivity contribution < 1.29 is 5.11 Å². The fourth-order valence-electron chi connectivity index (χ4n) is 5.47. The number of aliphatic hydroxyl groups is 1. The van der Waals surface area contributed by atoms with Crippen LogP contribution in [-0.2, 0) is 6.42 Å². The van der Waals surface area contributed by atoms with Crippen molar-refractivity contribution in [2.24, 2.45) is 23.7 Å². The molecular weight excluding hydrogens is 304 g/mol. The lowest BCUT2D eigenvalue weighted by molar-refractivity contribution is 0.111. The summed E-state index contributed by atoms with van der Waals surface area (Å²) in [6.45, 7) is 2.41. The number of aliphatic hydroxyl groups excluding tert-OH is 1. The van der Waals surface area contributed by atoms with Crippen LogP contribution in [0.4, 0.5) is 0 Å². The van der Waals surface area contributed by atoms with Gasteiger partial charge in [0.05, 0.1) is 6.10 Å². The molecule has 0 aromatic heterocycles. The molecule has 25 heavy (non-hydrogen) atoms. The Labute approximate surface area is 155 Å². The van der Waals surface area contributed by atoms with E-state index in [2.05, 4.69) is 37.3 Å². The molecule has 1 aromatic carbocycles. The van der Waals surface area contributed by atoms with Gasteiger partial charge in [0.25, 0.3) is 0 Å². The normalized spacial score (nSPS) is 29.0. The Balaban J connectivity index is 1.31. The highest BCUT2D eigenvalue weighted by molar-refractivity contribution is 5.14. The predicted molar refractivity (Wildman–Crippen MR) is 107 cm³/mol. The molecule has 140 valence electrons. The SMILES string of the molecule is CC(CCC(O)CCc1ccccc1)CC1CCC2CCCCC2C1. The third kappa shape index (κ3) is 6.13. The number of fused-ring (bicyclic) bond motifs is 1. The smallest absolute Gasteiger partial charge is 0.0543 e. The van der Waals surface area contributed by atoms with Crippen molar-refractivity contribution >= 4 is 0 Å². The molecule has 1 N–H and O–H groups in total. The molecule has 0 spiro atoms. The van der Waals surface area contributed by atoms with Gasteiger partial charge in [0, 0.05) is 0 Å². The fraction of sp³-hybridized carbons (Fsp3) is 0.750. The van der Waals surface area contributed by atoms with Crippen LogP contribution >= 0.6 is 0 Å². The van der Waals surface area contributed by atoms with E-state index in [1.165, 1.54) is 63.4 Å². The van der Waals surface area contributed by atoms with Crippen molar-refractivity contribution in [3.8, 4) is 0 Å². The highest BCUT2D eigenvalue weighted by atomic mass is 16.3. The van der Waals surface area contributed by atoms with E-state index < -0.39 is 0 Å². The Bertz CT molecular complexity index is 482. The van der Waals surface area contributed by atoms with Crippen molar-refractivity contribution in [3.05, 3.63) is 35.9 Å². The predicted octanol–water partition coefficient (Wildman–Crippen LogP) is 6.39. The van der Waals surface area contributed by atoms with Gasteiger partial charge in [-0.1, -0.05) is 69.4 Å². The zero-order chi connectivity index (χ0) is 17.5. The molecular formula is C24H38O. The van der Waals surface area contributed by atoms with Gasteiger partial charge >= 0.3 is 0 Å². The van der Waals surface area contributed by atoms with Crippen LogP contribution < -0.4 is 0 Å². The van der Waals surface area contributed by atoms with Gasteiger partial charge in [-0.25, -0.2) is 0 Å². The standard InChI is InChI=1S/C24H38O/c1-19(11-15-24(25)16-13-20-7-3-2-4-8-20)17-21-12-14-22-9-5-6-10-23(22)18-21/h2-4,7-8,19,21-25H,5-6,9-18H2,1H3. The van der Waals surface area contributed by atoms with E-state index in [1.807, 2.05) is 0 Å². The molecule has 2 saturated carbocycles. The molecule has 0 aliphatic heterocycles. The van der Waals surface area contributed by atoms with Crippen molar-refractivity contribution in [3.63, 3.8) is 0 Å². The van der Waals surface area contributed by atoms with E-state index in [0.717, 1.165) is 42.9 Å². The summed E-state index contributed by atoms with van der Waals surface area (Å²) in [7, 11) is 0. The van der Waals surface area contributed by atoms with Gasteiger partial charge in [-0.15, -0.1) is 0 Å². The Kier molecular flexibility index (Phi) is 7.40. The summed E-state index contributed by atoms with van der Waals surface area (Å²) in [6.07, 6.45) is 15.8. The molecule has 0 saturated heterocycles. The Morgan fingerprint density at radius 1 is 0.920 bits per heavy atom. The second kappa shape index (κ2) is 9.76. The molecule has 0 heterocycles. The Morgan fingerprint density at radius 3 is 2.48 bits per heavy atom. The summed E-state index contributed by atoms with van der Waals surface area (Å²) in [5.41, 5.74) is 1.35. The van der Waals surface area contributed by atoms with E-state index in [1.54, 1.807) is 0 Å². The minimum absolute atomic E-state index is 0.128. The molecule has 3 rings (SSSR count). The largest absolute Gasteiger partial charge is 0.393 e. The maximum Gasteiger partial charge on any atom is 0.0543 e. The molecule has 2 aliphatic rings. The zero-order valence-electron chi connectivity index (χ0n) is 16.2. The number of aryl methyl sites for hydroxylation is 1. The quantitative estimate of drug-likeness (QED) is 0.580. The Hall–Kier alpha value is -0.820. The molecule has 5 unspecified atom stereocenters. The lowest BCUT2D eigenvalue weighted by atomic mass is 9.66. The van der Waals surface area contributed by atoms with Crippen LogP contribution in [0.5, 0.6) is 0 Å². The van der Waals surface area contributed by atoms with Crippen molar-refractivity contribution in [2.75, 3.05) is 0 Å². The lowest BCUT2D eigenvalue weighted by Gasteiger charge is -2.40. The van der Waals surface area contributed by atoms with Gasteiger partial charge in [0.1, 0.15) is 0 Å². The maximum atomic E-state index is 10.3. The molecule has 0 amide bonds. The van der Waals surface area contributed by atoms with Crippen molar-refractivity contribution in [2.45, 2.75) is 90.1 Å². The maximum absolute atomic E-state index is 10.3. The first kappa shape index (κ1) is 19.0. The highest BCUT2D eigenvalue weighted by Gasteiger charge is 2.32. The molecule has 2 fully saturated rings. The number of hydrogen-bond acceptors (Lipinski definition) is 1. The summed E-state index contributed by atoms with van der Waals surface area (Å²) in [5, 5.41) is 10.3. The molecule has 1 nitrogen and oxygen atoms in total. The topological polar surface area (TPSA) is 20.2 Å². The van der Waals surface area contributed by atoms with E-state index in [9.17, 15) is 5.11 Å². The van der Waals surface area contributed by atoms with Crippen molar-refractivity contribution in [1.82, 2.24) is 0 Å². The average Bonchev–Trinajstić information content (AvgIpc) is 2.65. The van der Waals surface area contributed by atoms with Crippen LogP contribution in [-0.4, -0.2) is 11.2 Å². The molecule has 1 aromatic rings. The van der Waals surface area contributed by atoms with Gasteiger partial charge in [-0.3, -0.25) is 0 Å². The summed E-state index contributed by atoms with van der Waals surface area (Å²) in [5.74, 6) is 3.86. The first-order valence-corrected chi connectivity index (χ1v) is 10.9. The van der Waals surface area contributed by atoms with E-state index in [4.69, 9.17) is 0 Å². The summed E-state index contributed by atoms with van der Waals surface area (Å²) >= 11 is 0. The number of rotatable bonds is 8. The van der Waals surface area contributed by atoms with Crippen LogP contribution in [0.2, 0.25) is 0 Å². The molecule has 0 radical (unpaired) electrons. The van der Waals surface area contributed by atoms with Gasteiger partial charge in [-0.2, -0.15) is 0 Å². The third-order valence-electron chi connectivity index (χ3n) is 6.99. The first-order chi connectivity index (χ1) is 12.2. The summed E-state index contributed by atoms with van der Waals surface area (Å²) < 4.78 is 0. The van der Waals surface area contributed by atoms with Crippen LogP contribution in [0.15, 0.2) is 30.3 Å². The number of benzene rings is 1. The second-order valence-electron chi connectivity index (χ2n) is 9.08. The van der Waals surface area contributed by atoms with E-state index >= 15 is 0 Å². The van der Waals surface area contributed by atoms with Gasteiger partial charge in [0.2, 0.25) is 0 Å². The van der Waals surface area contributed by atoms with Gasteiger partial charge < -0.3 is 5.11 Å². The second-order valence-corrected chi connectivity index (χ2v) is 9.08. The van der Waals surface area contributed by atoms with Crippen LogP contribution in [0.3, 0.4) is 0 Å². The van der Waals surface area contributed by atoms with Crippen LogP contribution in [0.25, 0.3) is 0 Å². The highest BCUT2D eigenvalue weighted by Crippen LogP contribution is 2.44. The molecule has 0 bridgehead atoms. The van der Waals surface area contributed by atoms with Crippen molar-refractivity contribution in [1.29, 1.82) is 0 Å². The minimum atomic E-state index is -0.128. The third-order valence-corrected chi connectivity index (χ3v) is 6.99.